The number of rotatable bonds is 6. The Bertz CT molecular complexity index is 1430. The number of hydrogen-bond acceptors (Lipinski definition) is 4. The second-order valence-electron chi connectivity index (χ2n) is 8.26. The van der Waals surface area contributed by atoms with Crippen molar-refractivity contribution >= 4 is 35.0 Å². The number of amides is 1. The van der Waals surface area contributed by atoms with E-state index in [1.807, 2.05) is 93.6 Å². The summed E-state index contributed by atoms with van der Waals surface area (Å²) in [5, 5.41) is 13.7. The van der Waals surface area contributed by atoms with Crippen molar-refractivity contribution in [3.05, 3.63) is 101 Å². The van der Waals surface area contributed by atoms with E-state index in [9.17, 15) is 10.1 Å². The molecule has 4 rings (SSSR count). The van der Waals surface area contributed by atoms with Gasteiger partial charge in [0.25, 0.3) is 0 Å². The fraction of sp³-hybridized carbons (Fsp3) is 0.138. The van der Waals surface area contributed by atoms with Crippen molar-refractivity contribution in [2.45, 2.75) is 31.0 Å². The van der Waals surface area contributed by atoms with Crippen LogP contribution in [-0.4, -0.2) is 16.1 Å². The van der Waals surface area contributed by atoms with Crippen LogP contribution in [0.15, 0.2) is 83.9 Å². The van der Waals surface area contributed by atoms with Gasteiger partial charge in [-0.2, -0.15) is 5.26 Å². The first kappa shape index (κ1) is 24.5. The highest BCUT2D eigenvalue weighted by Gasteiger charge is 2.22. The molecule has 0 radical (unpaired) electrons. The van der Waals surface area contributed by atoms with E-state index in [0.717, 1.165) is 27.9 Å². The van der Waals surface area contributed by atoms with Crippen molar-refractivity contribution in [3.8, 4) is 28.5 Å². The van der Waals surface area contributed by atoms with Gasteiger partial charge < -0.3 is 5.32 Å². The van der Waals surface area contributed by atoms with Crippen LogP contribution in [0.4, 0.5) is 5.69 Å². The molecule has 1 heterocycles. The number of nitriles is 1. The van der Waals surface area contributed by atoms with Crippen LogP contribution >= 0.6 is 23.4 Å². The van der Waals surface area contributed by atoms with Crippen LogP contribution in [0.25, 0.3) is 22.4 Å². The minimum Gasteiger partial charge on any atom is -0.325 e. The van der Waals surface area contributed by atoms with Gasteiger partial charge in [0.2, 0.25) is 5.91 Å². The van der Waals surface area contributed by atoms with E-state index in [-0.39, 0.29) is 5.91 Å². The van der Waals surface area contributed by atoms with E-state index in [0.29, 0.717) is 26.9 Å². The topological polar surface area (TPSA) is 65.8 Å². The molecular weight excluding hydrogens is 474 g/mol. The van der Waals surface area contributed by atoms with Gasteiger partial charge in [-0.3, -0.25) is 4.79 Å². The summed E-state index contributed by atoms with van der Waals surface area (Å²) in [7, 11) is 0. The number of carbonyl (C=O) groups is 1. The van der Waals surface area contributed by atoms with Crippen molar-refractivity contribution < 1.29 is 4.79 Å². The first-order valence-corrected chi connectivity index (χ1v) is 12.4. The molecule has 0 fully saturated rings. The number of anilines is 1. The van der Waals surface area contributed by atoms with E-state index in [4.69, 9.17) is 16.6 Å². The van der Waals surface area contributed by atoms with Gasteiger partial charge in [0.1, 0.15) is 11.1 Å². The first-order valence-electron chi connectivity index (χ1n) is 11.2. The summed E-state index contributed by atoms with van der Waals surface area (Å²) in [6, 6.07) is 27.3. The molecule has 1 aromatic heterocycles. The lowest BCUT2D eigenvalue weighted by Crippen LogP contribution is -2.23. The average Bonchev–Trinajstić information content (AvgIpc) is 2.85. The smallest absolute Gasteiger partial charge is 0.237 e. The number of thioether (sulfide) groups is 1. The van der Waals surface area contributed by atoms with Crippen molar-refractivity contribution in [2.75, 3.05) is 5.32 Å². The maximum atomic E-state index is 13.0. The molecule has 0 saturated carbocycles. The number of hydrogen-bond donors (Lipinski definition) is 1. The molecule has 1 atom stereocenters. The Hall–Kier alpha value is -3.59. The van der Waals surface area contributed by atoms with Crippen molar-refractivity contribution in [2.24, 2.45) is 0 Å². The number of nitrogens with zero attached hydrogens (tertiary/aromatic N) is 2. The van der Waals surface area contributed by atoms with Crippen LogP contribution in [0.3, 0.4) is 0 Å². The minimum absolute atomic E-state index is 0.157. The van der Waals surface area contributed by atoms with E-state index >= 15 is 0 Å². The van der Waals surface area contributed by atoms with Gasteiger partial charge in [0, 0.05) is 27.4 Å². The fourth-order valence-electron chi connectivity index (χ4n) is 3.65. The average molecular weight is 498 g/mol. The quantitative estimate of drug-likeness (QED) is 0.277. The Balaban J connectivity index is 1.77. The lowest BCUT2D eigenvalue weighted by Gasteiger charge is -2.17. The van der Waals surface area contributed by atoms with Crippen molar-refractivity contribution in [1.82, 2.24) is 4.98 Å². The van der Waals surface area contributed by atoms with E-state index in [2.05, 4.69) is 11.4 Å². The van der Waals surface area contributed by atoms with Crippen LogP contribution in [0.1, 0.15) is 23.6 Å². The van der Waals surface area contributed by atoms with Crippen LogP contribution in [0, 0.1) is 25.2 Å². The highest BCUT2D eigenvalue weighted by molar-refractivity contribution is 8.00. The lowest BCUT2D eigenvalue weighted by atomic mass is 9.99. The van der Waals surface area contributed by atoms with E-state index in [1.165, 1.54) is 11.8 Å². The van der Waals surface area contributed by atoms with Crippen LogP contribution in [0.2, 0.25) is 5.02 Å². The second kappa shape index (κ2) is 10.8. The number of aryl methyl sites for hydroxylation is 2. The van der Waals surface area contributed by atoms with Gasteiger partial charge in [0.05, 0.1) is 16.5 Å². The number of carbonyl (C=O) groups excluding carboxylic acids is 1. The van der Waals surface area contributed by atoms with Gasteiger partial charge in [-0.25, -0.2) is 4.98 Å². The number of nitrogens with one attached hydrogen (secondary N) is 1. The molecule has 6 heteroatoms. The van der Waals surface area contributed by atoms with Gasteiger partial charge in [0.15, 0.2) is 0 Å². The maximum absolute atomic E-state index is 13.0. The zero-order valence-electron chi connectivity index (χ0n) is 19.7. The standard InChI is InChI=1S/C29H24ClN3OS/c1-18-12-14-21(15-13-18)27-16-23(22-9-5-6-10-25(22)30)24(17-31)29(33-27)35-20(3)28(34)32-26-11-7-4-8-19(26)2/h4-16,20H,1-3H3,(H,32,34)/t20-/m1/s1. The summed E-state index contributed by atoms with van der Waals surface area (Å²) in [5.74, 6) is -0.157. The molecule has 1 amide bonds. The zero-order chi connectivity index (χ0) is 24.9. The van der Waals surface area contributed by atoms with E-state index < -0.39 is 5.25 Å². The summed E-state index contributed by atoms with van der Waals surface area (Å²) < 4.78 is 0. The summed E-state index contributed by atoms with van der Waals surface area (Å²) in [5.41, 5.74) is 6.37. The molecular formula is C29H24ClN3OS. The first-order chi connectivity index (χ1) is 16.9. The van der Waals surface area contributed by atoms with Gasteiger partial charge in [-0.1, -0.05) is 89.6 Å². The SMILES string of the molecule is Cc1ccc(-c2cc(-c3ccccc3Cl)c(C#N)c(S[C@H](C)C(=O)Nc3ccccc3C)n2)cc1. The summed E-state index contributed by atoms with van der Waals surface area (Å²) in [4.78, 5) is 17.8. The molecule has 35 heavy (non-hydrogen) atoms. The number of para-hydroxylation sites is 1. The molecule has 0 aliphatic rings. The Morgan fingerprint density at radius 3 is 2.37 bits per heavy atom. The van der Waals surface area contributed by atoms with Crippen LogP contribution in [-0.2, 0) is 4.79 Å². The van der Waals surface area contributed by atoms with Crippen molar-refractivity contribution in [3.63, 3.8) is 0 Å². The van der Waals surface area contributed by atoms with Crippen LogP contribution < -0.4 is 5.32 Å². The maximum Gasteiger partial charge on any atom is 0.237 e. The molecule has 0 saturated heterocycles. The third-order valence-electron chi connectivity index (χ3n) is 5.67. The van der Waals surface area contributed by atoms with Crippen LogP contribution in [0.5, 0.6) is 0 Å². The molecule has 0 unspecified atom stereocenters. The molecule has 174 valence electrons. The minimum atomic E-state index is -0.485. The molecule has 0 spiro atoms. The third kappa shape index (κ3) is 5.57. The van der Waals surface area contributed by atoms with Crippen molar-refractivity contribution in [1.29, 1.82) is 5.26 Å². The number of benzene rings is 3. The second-order valence-corrected chi connectivity index (χ2v) is 9.99. The molecule has 4 aromatic rings. The molecule has 4 nitrogen and oxygen atoms in total. The fourth-order valence-corrected chi connectivity index (χ4v) is 4.81. The van der Waals surface area contributed by atoms with Gasteiger partial charge in [-0.15, -0.1) is 0 Å². The summed E-state index contributed by atoms with van der Waals surface area (Å²) in [6.07, 6.45) is 0. The number of pyridine rings is 1. The summed E-state index contributed by atoms with van der Waals surface area (Å²) >= 11 is 7.79. The molecule has 0 aliphatic carbocycles. The Kier molecular flexibility index (Phi) is 7.55. The largest absolute Gasteiger partial charge is 0.325 e. The zero-order valence-corrected chi connectivity index (χ0v) is 21.2. The molecule has 0 aliphatic heterocycles. The number of aromatic nitrogens is 1. The molecule has 3 aromatic carbocycles. The Morgan fingerprint density at radius 1 is 1.00 bits per heavy atom. The predicted molar refractivity (Wildman–Crippen MR) is 145 cm³/mol. The lowest BCUT2D eigenvalue weighted by molar-refractivity contribution is -0.115. The Labute approximate surface area is 215 Å². The summed E-state index contributed by atoms with van der Waals surface area (Å²) in [6.45, 7) is 5.79. The third-order valence-corrected chi connectivity index (χ3v) is 7.09. The van der Waals surface area contributed by atoms with E-state index in [1.54, 1.807) is 6.07 Å². The monoisotopic (exact) mass is 497 g/mol. The molecule has 0 bridgehead atoms. The van der Waals surface area contributed by atoms with Gasteiger partial charge >= 0.3 is 0 Å². The van der Waals surface area contributed by atoms with Gasteiger partial charge in [-0.05, 0) is 44.5 Å². The number of halogens is 1. The highest BCUT2D eigenvalue weighted by atomic mass is 35.5. The highest BCUT2D eigenvalue weighted by Crippen LogP contribution is 2.38. The normalized spacial score (nSPS) is 11.5. The Morgan fingerprint density at radius 2 is 1.69 bits per heavy atom. The predicted octanol–water partition coefficient (Wildman–Crippen LogP) is 7.68. The molecule has 1 N–H and O–H groups in total.